The average molecular weight is 196 g/mol. The Balaban J connectivity index is 3.80. The van der Waals surface area contributed by atoms with Gasteiger partial charge in [0.25, 0.3) is 0 Å². The van der Waals surface area contributed by atoms with E-state index in [1.807, 2.05) is 6.92 Å². The van der Waals surface area contributed by atoms with Crippen LogP contribution in [-0.2, 0) is 9.09 Å². The molecule has 0 bridgehead atoms. The SMILES string of the molecule is CC/C(=C\COP(=O)(O)O)CO. The lowest BCUT2D eigenvalue weighted by atomic mass is 10.2. The molecule has 0 unspecified atom stereocenters. The third kappa shape index (κ3) is 6.52. The van der Waals surface area contributed by atoms with Crippen molar-refractivity contribution in [3.05, 3.63) is 11.6 Å². The minimum Gasteiger partial charge on any atom is -0.392 e. The molecule has 0 radical (unpaired) electrons. The highest BCUT2D eigenvalue weighted by molar-refractivity contribution is 7.46. The average Bonchev–Trinajstić information content (AvgIpc) is 1.96. The van der Waals surface area contributed by atoms with Gasteiger partial charge in [-0.1, -0.05) is 13.0 Å². The van der Waals surface area contributed by atoms with E-state index < -0.39 is 7.82 Å². The summed E-state index contributed by atoms with van der Waals surface area (Å²) >= 11 is 0. The van der Waals surface area contributed by atoms with E-state index in [1.54, 1.807) is 0 Å². The van der Waals surface area contributed by atoms with Gasteiger partial charge in [0.05, 0.1) is 13.2 Å². The van der Waals surface area contributed by atoms with Crippen LogP contribution in [0.15, 0.2) is 11.6 Å². The molecule has 72 valence electrons. The molecule has 5 nitrogen and oxygen atoms in total. The van der Waals surface area contributed by atoms with Crippen LogP contribution in [0, 0.1) is 0 Å². The van der Waals surface area contributed by atoms with E-state index in [-0.39, 0.29) is 13.2 Å². The monoisotopic (exact) mass is 196 g/mol. The molecule has 0 amide bonds. The first-order chi connectivity index (χ1) is 5.49. The largest absolute Gasteiger partial charge is 0.469 e. The molecule has 0 aliphatic carbocycles. The lowest BCUT2D eigenvalue weighted by Gasteiger charge is -2.03. The highest BCUT2D eigenvalue weighted by atomic mass is 31.2. The third-order valence-corrected chi connectivity index (χ3v) is 1.76. The smallest absolute Gasteiger partial charge is 0.392 e. The summed E-state index contributed by atoms with van der Waals surface area (Å²) in [7, 11) is -4.37. The van der Waals surface area contributed by atoms with Crippen molar-refractivity contribution in [3.8, 4) is 0 Å². The molecular formula is C6H13O5P. The number of phosphoric acid groups is 1. The first kappa shape index (κ1) is 11.8. The predicted octanol–water partition coefficient (Wildman–Crippen LogP) is 0.424. The number of hydrogen-bond donors (Lipinski definition) is 3. The van der Waals surface area contributed by atoms with Gasteiger partial charge in [0, 0.05) is 0 Å². The van der Waals surface area contributed by atoms with Gasteiger partial charge in [-0.05, 0) is 12.0 Å². The van der Waals surface area contributed by atoms with E-state index in [0.29, 0.717) is 12.0 Å². The van der Waals surface area contributed by atoms with Gasteiger partial charge in [0.2, 0.25) is 0 Å². The fraction of sp³-hybridized carbons (Fsp3) is 0.667. The van der Waals surface area contributed by atoms with Crippen LogP contribution in [0.4, 0.5) is 0 Å². The van der Waals surface area contributed by atoms with Crippen LogP contribution < -0.4 is 0 Å². The zero-order valence-corrected chi connectivity index (χ0v) is 7.70. The summed E-state index contributed by atoms with van der Waals surface area (Å²) < 4.78 is 14.3. The first-order valence-electron chi connectivity index (χ1n) is 3.48. The summed E-state index contributed by atoms with van der Waals surface area (Å²) in [6.45, 7) is 1.55. The fourth-order valence-electron chi connectivity index (χ4n) is 0.573. The first-order valence-corrected chi connectivity index (χ1v) is 5.01. The summed E-state index contributed by atoms with van der Waals surface area (Å²) in [6.07, 6.45) is 2.10. The van der Waals surface area contributed by atoms with Crippen LogP contribution in [-0.4, -0.2) is 28.1 Å². The number of aliphatic hydroxyl groups excluding tert-OH is 1. The quantitative estimate of drug-likeness (QED) is 0.438. The molecule has 0 aromatic heterocycles. The van der Waals surface area contributed by atoms with Crippen LogP contribution >= 0.6 is 7.82 Å². The molecule has 0 saturated heterocycles. The second kappa shape index (κ2) is 5.45. The summed E-state index contributed by atoms with van der Waals surface area (Å²) in [5.41, 5.74) is 0.698. The van der Waals surface area contributed by atoms with Crippen LogP contribution in [0.1, 0.15) is 13.3 Å². The maximum absolute atomic E-state index is 10.2. The van der Waals surface area contributed by atoms with Crippen LogP contribution in [0.5, 0.6) is 0 Å². The van der Waals surface area contributed by atoms with Gasteiger partial charge in [-0.15, -0.1) is 0 Å². The molecule has 0 spiro atoms. The minimum absolute atomic E-state index is 0.110. The third-order valence-electron chi connectivity index (χ3n) is 1.27. The van der Waals surface area contributed by atoms with Crippen molar-refractivity contribution < 1.29 is 24.0 Å². The predicted molar refractivity (Wildman–Crippen MR) is 43.5 cm³/mol. The fourth-order valence-corrected chi connectivity index (χ4v) is 0.842. The Labute approximate surface area is 70.9 Å². The molecule has 0 saturated carbocycles. The zero-order chi connectivity index (χ0) is 9.61. The molecule has 0 rings (SSSR count). The Hall–Kier alpha value is -0.190. The Morgan fingerprint density at radius 3 is 2.50 bits per heavy atom. The molecule has 6 heteroatoms. The molecular weight excluding hydrogens is 183 g/mol. The molecule has 12 heavy (non-hydrogen) atoms. The van der Waals surface area contributed by atoms with Crippen molar-refractivity contribution >= 4 is 7.82 Å². The Morgan fingerprint density at radius 1 is 1.58 bits per heavy atom. The van der Waals surface area contributed by atoms with Crippen molar-refractivity contribution in [3.63, 3.8) is 0 Å². The summed E-state index contributed by atoms with van der Waals surface area (Å²) in [4.78, 5) is 16.5. The van der Waals surface area contributed by atoms with Crippen molar-refractivity contribution in [1.82, 2.24) is 0 Å². The van der Waals surface area contributed by atoms with Crippen molar-refractivity contribution in [2.24, 2.45) is 0 Å². The maximum atomic E-state index is 10.2. The second-order valence-corrected chi connectivity index (χ2v) is 3.40. The summed E-state index contributed by atoms with van der Waals surface area (Å²) in [5, 5.41) is 8.64. The number of aliphatic hydroxyl groups is 1. The van der Waals surface area contributed by atoms with Gasteiger partial charge in [-0.25, -0.2) is 4.57 Å². The molecule has 0 aromatic rings. The van der Waals surface area contributed by atoms with Crippen molar-refractivity contribution in [1.29, 1.82) is 0 Å². The summed E-state index contributed by atoms with van der Waals surface area (Å²) in [6, 6.07) is 0. The van der Waals surface area contributed by atoms with E-state index in [1.165, 1.54) is 6.08 Å². The molecule has 3 N–H and O–H groups in total. The van der Waals surface area contributed by atoms with Gasteiger partial charge in [0.15, 0.2) is 0 Å². The summed E-state index contributed by atoms with van der Waals surface area (Å²) in [5.74, 6) is 0. The molecule has 0 aliphatic heterocycles. The van der Waals surface area contributed by atoms with Gasteiger partial charge in [-0.3, -0.25) is 4.52 Å². The van der Waals surface area contributed by atoms with Gasteiger partial charge in [0.1, 0.15) is 0 Å². The lowest BCUT2D eigenvalue weighted by Crippen LogP contribution is -1.93. The van der Waals surface area contributed by atoms with Gasteiger partial charge < -0.3 is 14.9 Å². The van der Waals surface area contributed by atoms with E-state index in [9.17, 15) is 4.57 Å². The molecule has 0 aromatic carbocycles. The Kier molecular flexibility index (Phi) is 5.37. The zero-order valence-electron chi connectivity index (χ0n) is 6.80. The molecule has 0 atom stereocenters. The molecule has 0 heterocycles. The number of hydrogen-bond acceptors (Lipinski definition) is 3. The van der Waals surface area contributed by atoms with Crippen molar-refractivity contribution in [2.45, 2.75) is 13.3 Å². The molecule has 0 aliphatic rings. The van der Waals surface area contributed by atoms with Gasteiger partial charge in [-0.2, -0.15) is 0 Å². The van der Waals surface area contributed by atoms with E-state index in [0.717, 1.165) is 0 Å². The highest BCUT2D eigenvalue weighted by Gasteiger charge is 2.11. The minimum atomic E-state index is -4.37. The van der Waals surface area contributed by atoms with Crippen molar-refractivity contribution in [2.75, 3.05) is 13.2 Å². The van der Waals surface area contributed by atoms with Crippen LogP contribution in [0.3, 0.4) is 0 Å². The van der Waals surface area contributed by atoms with E-state index in [4.69, 9.17) is 14.9 Å². The molecule has 0 fully saturated rings. The van der Waals surface area contributed by atoms with Crippen LogP contribution in [0.25, 0.3) is 0 Å². The number of phosphoric ester groups is 1. The Bertz CT molecular complexity index is 188. The van der Waals surface area contributed by atoms with E-state index >= 15 is 0 Å². The highest BCUT2D eigenvalue weighted by Crippen LogP contribution is 2.35. The second-order valence-electron chi connectivity index (χ2n) is 2.16. The standard InChI is InChI=1S/C6H13O5P/c1-2-6(5-7)3-4-11-12(8,9)10/h3,7H,2,4-5H2,1H3,(H2,8,9,10)/b6-3+. The van der Waals surface area contributed by atoms with E-state index in [2.05, 4.69) is 4.52 Å². The van der Waals surface area contributed by atoms with Gasteiger partial charge >= 0.3 is 7.82 Å². The normalized spacial score (nSPS) is 13.5. The Morgan fingerprint density at radius 2 is 2.17 bits per heavy atom. The lowest BCUT2D eigenvalue weighted by molar-refractivity contribution is 0.214. The number of rotatable bonds is 5. The van der Waals surface area contributed by atoms with Crippen LogP contribution in [0.2, 0.25) is 0 Å². The topological polar surface area (TPSA) is 87.0 Å². The maximum Gasteiger partial charge on any atom is 0.469 e.